The maximum atomic E-state index is 12.8. The fourth-order valence-electron chi connectivity index (χ4n) is 3.72. The van der Waals surface area contributed by atoms with Crippen LogP contribution in [0.25, 0.3) is 0 Å². The van der Waals surface area contributed by atoms with Crippen LogP contribution < -0.4 is 0 Å². The van der Waals surface area contributed by atoms with Gasteiger partial charge in [0.25, 0.3) is 5.91 Å². The first kappa shape index (κ1) is 15.1. The number of carbonyl (C=O) groups is 3. The van der Waals surface area contributed by atoms with Gasteiger partial charge < -0.3 is 14.5 Å². The van der Waals surface area contributed by atoms with E-state index in [1.165, 1.54) is 6.92 Å². The zero-order valence-corrected chi connectivity index (χ0v) is 13.2. The highest BCUT2D eigenvalue weighted by Crippen LogP contribution is 2.42. The van der Waals surface area contributed by atoms with Gasteiger partial charge in [-0.1, -0.05) is 0 Å². The third-order valence-electron chi connectivity index (χ3n) is 5.05. The zero-order chi connectivity index (χ0) is 15.9. The number of amides is 2. The summed E-state index contributed by atoms with van der Waals surface area (Å²) >= 11 is 0. The van der Waals surface area contributed by atoms with Gasteiger partial charge in [0, 0.05) is 51.5 Å². The Morgan fingerprint density at radius 1 is 1.05 bits per heavy atom. The van der Waals surface area contributed by atoms with Crippen molar-refractivity contribution in [3.05, 3.63) is 11.1 Å². The van der Waals surface area contributed by atoms with Crippen LogP contribution in [-0.4, -0.2) is 59.4 Å². The molecule has 2 fully saturated rings. The monoisotopic (exact) mass is 306 g/mol. The lowest BCUT2D eigenvalue weighted by atomic mass is 9.82. The predicted octanol–water partition coefficient (Wildman–Crippen LogP) is 0.863. The number of nitrogens with zero attached hydrogens (tertiary/aromatic N) is 2. The summed E-state index contributed by atoms with van der Waals surface area (Å²) in [5.41, 5.74) is 0.142. The molecule has 0 atom stereocenters. The molecule has 120 valence electrons. The normalized spacial score (nSPS) is 24.2. The van der Waals surface area contributed by atoms with Crippen LogP contribution in [0, 0.1) is 0 Å². The molecular weight excluding hydrogens is 284 g/mol. The summed E-state index contributed by atoms with van der Waals surface area (Å²) in [6.45, 7) is 5.76. The smallest absolute Gasteiger partial charge is 0.335 e. The van der Waals surface area contributed by atoms with E-state index in [2.05, 4.69) is 0 Å². The Balaban J connectivity index is 1.86. The predicted molar refractivity (Wildman–Crippen MR) is 78.8 cm³/mol. The minimum atomic E-state index is -0.827. The molecule has 0 aliphatic carbocycles. The molecule has 6 heteroatoms. The Morgan fingerprint density at radius 2 is 1.64 bits per heavy atom. The first-order valence-corrected chi connectivity index (χ1v) is 7.94. The van der Waals surface area contributed by atoms with E-state index < -0.39 is 5.60 Å². The molecule has 6 nitrogen and oxygen atoms in total. The minimum Gasteiger partial charge on any atom is -0.450 e. The summed E-state index contributed by atoms with van der Waals surface area (Å²) in [6.07, 6.45) is 3.03. The molecular formula is C16H22N2O4. The fraction of sp³-hybridized carbons (Fsp3) is 0.688. The molecule has 22 heavy (non-hydrogen) atoms. The van der Waals surface area contributed by atoms with Crippen LogP contribution in [0.15, 0.2) is 11.1 Å². The quantitative estimate of drug-likeness (QED) is 0.674. The third kappa shape index (κ3) is 2.30. The standard InChI is InChI=1S/C16H22N2O4/c1-11-13(14(20)18-7-3-4-8-18)16(22-15(11)21)5-9-17(10-6-16)12(2)19/h3-10H2,1-2H3. The first-order valence-electron chi connectivity index (χ1n) is 7.94. The molecule has 3 rings (SSSR count). The van der Waals surface area contributed by atoms with Crippen molar-refractivity contribution in [1.29, 1.82) is 0 Å². The SMILES string of the molecule is CC(=O)N1CCC2(CC1)OC(=O)C(C)=C2C(=O)N1CCCC1. The number of carbonyl (C=O) groups excluding carboxylic acids is 3. The highest BCUT2D eigenvalue weighted by Gasteiger charge is 2.52. The first-order chi connectivity index (χ1) is 10.4. The molecule has 0 aromatic rings. The molecule has 1 spiro atoms. The Hall–Kier alpha value is -1.85. The van der Waals surface area contributed by atoms with Crippen molar-refractivity contribution >= 4 is 17.8 Å². The molecule has 0 radical (unpaired) electrons. The third-order valence-corrected chi connectivity index (χ3v) is 5.05. The molecule has 2 saturated heterocycles. The summed E-state index contributed by atoms with van der Waals surface area (Å²) in [7, 11) is 0. The second-order valence-electron chi connectivity index (χ2n) is 6.39. The van der Waals surface area contributed by atoms with Crippen molar-refractivity contribution in [1.82, 2.24) is 9.80 Å². The highest BCUT2D eigenvalue weighted by molar-refractivity contribution is 6.07. The lowest BCUT2D eigenvalue weighted by molar-refractivity contribution is -0.152. The number of hydrogen-bond donors (Lipinski definition) is 0. The van der Waals surface area contributed by atoms with E-state index >= 15 is 0 Å². The molecule has 0 unspecified atom stereocenters. The summed E-state index contributed by atoms with van der Waals surface area (Å²) in [6, 6.07) is 0. The Bertz CT molecular complexity index is 552. The summed E-state index contributed by atoms with van der Waals surface area (Å²) in [5, 5.41) is 0. The minimum absolute atomic E-state index is 0.0206. The average molecular weight is 306 g/mol. The molecule has 3 aliphatic rings. The molecule has 0 N–H and O–H groups in total. The average Bonchev–Trinajstić information content (AvgIpc) is 3.08. The van der Waals surface area contributed by atoms with Crippen LogP contribution in [0.3, 0.4) is 0 Å². The highest BCUT2D eigenvalue weighted by atomic mass is 16.6. The maximum absolute atomic E-state index is 12.8. The number of likely N-dealkylation sites (tertiary alicyclic amines) is 2. The van der Waals surface area contributed by atoms with E-state index in [9.17, 15) is 14.4 Å². The number of rotatable bonds is 1. The van der Waals surface area contributed by atoms with Crippen LogP contribution in [-0.2, 0) is 19.1 Å². The van der Waals surface area contributed by atoms with Crippen molar-refractivity contribution in [3.8, 4) is 0 Å². The zero-order valence-electron chi connectivity index (χ0n) is 13.2. The van der Waals surface area contributed by atoms with Crippen LogP contribution in [0.4, 0.5) is 0 Å². The molecule has 3 heterocycles. The van der Waals surface area contributed by atoms with Gasteiger partial charge in [-0.3, -0.25) is 9.59 Å². The molecule has 3 aliphatic heterocycles. The molecule has 0 saturated carbocycles. The summed E-state index contributed by atoms with van der Waals surface area (Å²) in [5.74, 6) is -0.428. The Labute approximate surface area is 130 Å². The topological polar surface area (TPSA) is 66.9 Å². The van der Waals surface area contributed by atoms with E-state index in [-0.39, 0.29) is 17.8 Å². The van der Waals surface area contributed by atoms with E-state index in [1.807, 2.05) is 4.90 Å². The van der Waals surface area contributed by atoms with Gasteiger partial charge >= 0.3 is 5.97 Å². The lowest BCUT2D eigenvalue weighted by Crippen LogP contribution is -2.50. The van der Waals surface area contributed by atoms with Gasteiger partial charge in [-0.2, -0.15) is 0 Å². The number of piperidine rings is 1. The van der Waals surface area contributed by atoms with Crippen LogP contribution in [0.5, 0.6) is 0 Å². The van der Waals surface area contributed by atoms with Crippen LogP contribution in [0.1, 0.15) is 39.5 Å². The van der Waals surface area contributed by atoms with Crippen LogP contribution in [0.2, 0.25) is 0 Å². The van der Waals surface area contributed by atoms with Gasteiger partial charge in [0.15, 0.2) is 0 Å². The lowest BCUT2D eigenvalue weighted by Gasteiger charge is -2.39. The summed E-state index contributed by atoms with van der Waals surface area (Å²) < 4.78 is 5.62. The Morgan fingerprint density at radius 3 is 2.18 bits per heavy atom. The molecule has 0 aromatic carbocycles. The van der Waals surface area contributed by atoms with E-state index in [4.69, 9.17) is 4.74 Å². The molecule has 0 aromatic heterocycles. The Kier molecular flexibility index (Phi) is 3.70. The van der Waals surface area contributed by atoms with Crippen molar-refractivity contribution in [2.24, 2.45) is 0 Å². The van der Waals surface area contributed by atoms with E-state index in [0.29, 0.717) is 37.1 Å². The van der Waals surface area contributed by atoms with Gasteiger partial charge in [-0.05, 0) is 19.8 Å². The van der Waals surface area contributed by atoms with E-state index in [0.717, 1.165) is 25.9 Å². The van der Waals surface area contributed by atoms with Gasteiger partial charge in [-0.15, -0.1) is 0 Å². The number of esters is 1. The second kappa shape index (κ2) is 5.41. The maximum Gasteiger partial charge on any atom is 0.335 e. The largest absolute Gasteiger partial charge is 0.450 e. The van der Waals surface area contributed by atoms with Crippen molar-refractivity contribution in [2.45, 2.75) is 45.1 Å². The van der Waals surface area contributed by atoms with Gasteiger partial charge in [0.2, 0.25) is 5.91 Å². The van der Waals surface area contributed by atoms with Gasteiger partial charge in [-0.25, -0.2) is 4.79 Å². The van der Waals surface area contributed by atoms with Gasteiger partial charge in [0.1, 0.15) is 5.60 Å². The fourth-order valence-corrected chi connectivity index (χ4v) is 3.72. The van der Waals surface area contributed by atoms with Crippen molar-refractivity contribution < 1.29 is 19.1 Å². The summed E-state index contributed by atoms with van der Waals surface area (Å²) in [4.78, 5) is 40.0. The van der Waals surface area contributed by atoms with Crippen molar-refractivity contribution in [3.63, 3.8) is 0 Å². The second-order valence-corrected chi connectivity index (χ2v) is 6.39. The van der Waals surface area contributed by atoms with Crippen molar-refractivity contribution in [2.75, 3.05) is 26.2 Å². The van der Waals surface area contributed by atoms with Gasteiger partial charge in [0.05, 0.1) is 5.57 Å². The molecule has 0 bridgehead atoms. The number of hydrogen-bond acceptors (Lipinski definition) is 4. The van der Waals surface area contributed by atoms with Crippen LogP contribution >= 0.6 is 0 Å². The number of ether oxygens (including phenoxy) is 1. The van der Waals surface area contributed by atoms with E-state index in [1.54, 1.807) is 11.8 Å². The molecule has 2 amide bonds.